The molecular formula is C15H17NO4. The molecule has 20 heavy (non-hydrogen) atoms. The fraction of sp³-hybridized carbons (Fsp3) is 0.333. The van der Waals surface area contributed by atoms with E-state index in [-0.39, 0.29) is 5.69 Å². The van der Waals surface area contributed by atoms with Gasteiger partial charge in [0.2, 0.25) is 0 Å². The smallest absolute Gasteiger partial charge is 0.365 e. The van der Waals surface area contributed by atoms with Crippen molar-refractivity contribution in [3.63, 3.8) is 0 Å². The molecule has 0 N–H and O–H groups in total. The van der Waals surface area contributed by atoms with Crippen molar-refractivity contribution in [2.45, 2.75) is 26.7 Å². The summed E-state index contributed by atoms with van der Waals surface area (Å²) in [6.07, 6.45) is 2.78. The third-order valence-electron chi connectivity index (χ3n) is 2.91. The summed E-state index contributed by atoms with van der Waals surface area (Å²) in [4.78, 5) is 15.9. The van der Waals surface area contributed by atoms with Gasteiger partial charge in [0.15, 0.2) is 11.6 Å². The lowest BCUT2D eigenvalue weighted by atomic mass is 10.1. The Kier molecular flexibility index (Phi) is 4.40. The topological polar surface area (TPSA) is 61.6 Å². The summed E-state index contributed by atoms with van der Waals surface area (Å²) in [6.45, 7) is 3.93. The zero-order valence-electron chi connectivity index (χ0n) is 11.8. The number of carbonyl (C=O) groups is 1. The Morgan fingerprint density at radius 3 is 2.70 bits per heavy atom. The second-order valence-corrected chi connectivity index (χ2v) is 4.20. The van der Waals surface area contributed by atoms with Crippen LogP contribution in [0.15, 0.2) is 28.9 Å². The van der Waals surface area contributed by atoms with Crippen LogP contribution in [0.25, 0.3) is 0 Å². The molecule has 1 aromatic carbocycles. The van der Waals surface area contributed by atoms with Crippen LogP contribution in [0.3, 0.4) is 0 Å². The Morgan fingerprint density at radius 2 is 2.10 bits per heavy atom. The molecular weight excluding hydrogens is 258 g/mol. The summed E-state index contributed by atoms with van der Waals surface area (Å²) in [5.74, 6) is 1.09. The number of esters is 1. The average Bonchev–Trinajstić information content (AvgIpc) is 2.96. The van der Waals surface area contributed by atoms with Gasteiger partial charge in [0.25, 0.3) is 0 Å². The number of oxazole rings is 1. The number of rotatable bonds is 5. The summed E-state index contributed by atoms with van der Waals surface area (Å²) < 4.78 is 15.6. The van der Waals surface area contributed by atoms with E-state index in [0.717, 1.165) is 12.0 Å². The fourth-order valence-corrected chi connectivity index (χ4v) is 1.81. The number of hydrogen-bond donors (Lipinski definition) is 0. The number of hydrogen-bond acceptors (Lipinski definition) is 5. The summed E-state index contributed by atoms with van der Waals surface area (Å²) in [7, 11) is 1.59. The van der Waals surface area contributed by atoms with E-state index in [2.05, 4.69) is 4.98 Å². The maximum Gasteiger partial charge on any atom is 0.365 e. The second-order valence-electron chi connectivity index (χ2n) is 4.20. The van der Waals surface area contributed by atoms with Gasteiger partial charge >= 0.3 is 5.97 Å². The molecule has 0 saturated heterocycles. The number of carbonyl (C=O) groups excluding carboxylic acids is 1. The first-order valence-electron chi connectivity index (χ1n) is 6.51. The molecule has 0 bridgehead atoms. The first kappa shape index (κ1) is 14.1. The van der Waals surface area contributed by atoms with Crippen LogP contribution < -0.4 is 9.47 Å². The maximum atomic E-state index is 11.9. The largest absolute Gasteiger partial charge is 0.496 e. The van der Waals surface area contributed by atoms with Gasteiger partial charge in [-0.15, -0.1) is 0 Å². The highest BCUT2D eigenvalue weighted by atomic mass is 16.5. The van der Waals surface area contributed by atoms with Crippen molar-refractivity contribution in [3.8, 4) is 11.5 Å². The molecule has 0 aliphatic rings. The minimum absolute atomic E-state index is 0.167. The quantitative estimate of drug-likeness (QED) is 0.620. The standard InChI is InChI=1S/C15H17NO4/c1-4-10-6-7-11(8-13(10)18-3)20-15(17)12-9-19-14(5-2)16-12/h6-9H,4-5H2,1-3H3. The molecule has 5 heteroatoms. The number of nitrogens with zero attached hydrogens (tertiary/aromatic N) is 1. The van der Waals surface area contributed by atoms with Crippen LogP contribution in [0.2, 0.25) is 0 Å². The van der Waals surface area contributed by atoms with Crippen LogP contribution in [0.4, 0.5) is 0 Å². The van der Waals surface area contributed by atoms with Gasteiger partial charge in [0, 0.05) is 12.5 Å². The summed E-state index contributed by atoms with van der Waals surface area (Å²) >= 11 is 0. The van der Waals surface area contributed by atoms with Crippen LogP contribution >= 0.6 is 0 Å². The molecule has 0 unspecified atom stereocenters. The van der Waals surface area contributed by atoms with E-state index in [0.29, 0.717) is 23.8 Å². The molecule has 0 atom stereocenters. The van der Waals surface area contributed by atoms with E-state index in [9.17, 15) is 4.79 Å². The van der Waals surface area contributed by atoms with E-state index < -0.39 is 5.97 Å². The van der Waals surface area contributed by atoms with Gasteiger partial charge in [-0.1, -0.05) is 19.9 Å². The molecule has 0 aliphatic carbocycles. The van der Waals surface area contributed by atoms with Gasteiger partial charge in [-0.2, -0.15) is 0 Å². The van der Waals surface area contributed by atoms with Gasteiger partial charge in [-0.3, -0.25) is 0 Å². The first-order valence-corrected chi connectivity index (χ1v) is 6.51. The van der Waals surface area contributed by atoms with Crippen molar-refractivity contribution in [2.24, 2.45) is 0 Å². The van der Waals surface area contributed by atoms with E-state index in [1.54, 1.807) is 19.2 Å². The maximum absolute atomic E-state index is 11.9. The van der Waals surface area contributed by atoms with E-state index in [1.807, 2.05) is 19.9 Å². The molecule has 2 rings (SSSR count). The van der Waals surface area contributed by atoms with E-state index in [1.165, 1.54) is 6.26 Å². The third-order valence-corrected chi connectivity index (χ3v) is 2.91. The molecule has 0 saturated carbocycles. The number of aromatic nitrogens is 1. The number of ether oxygens (including phenoxy) is 2. The molecule has 0 aliphatic heterocycles. The van der Waals surface area contributed by atoms with Crippen molar-refractivity contribution >= 4 is 5.97 Å². The lowest BCUT2D eigenvalue weighted by Gasteiger charge is -2.08. The molecule has 1 aromatic heterocycles. The Labute approximate surface area is 117 Å². The monoisotopic (exact) mass is 275 g/mol. The molecule has 1 heterocycles. The lowest BCUT2D eigenvalue weighted by molar-refractivity contribution is 0.0728. The minimum Gasteiger partial charge on any atom is -0.496 e. The van der Waals surface area contributed by atoms with Crippen molar-refractivity contribution in [1.29, 1.82) is 0 Å². The number of methoxy groups -OCH3 is 1. The van der Waals surface area contributed by atoms with Gasteiger partial charge in [0.05, 0.1) is 7.11 Å². The molecule has 0 spiro atoms. The van der Waals surface area contributed by atoms with Gasteiger partial charge in [0.1, 0.15) is 17.8 Å². The molecule has 0 radical (unpaired) electrons. The van der Waals surface area contributed by atoms with Crippen LogP contribution in [0.5, 0.6) is 11.5 Å². The van der Waals surface area contributed by atoms with Crippen molar-refractivity contribution in [2.75, 3.05) is 7.11 Å². The lowest BCUT2D eigenvalue weighted by Crippen LogP contribution is -2.09. The van der Waals surface area contributed by atoms with Crippen LogP contribution in [-0.4, -0.2) is 18.1 Å². The van der Waals surface area contributed by atoms with E-state index >= 15 is 0 Å². The molecule has 5 nitrogen and oxygen atoms in total. The van der Waals surface area contributed by atoms with Gasteiger partial charge in [-0.05, 0) is 18.1 Å². The van der Waals surface area contributed by atoms with Crippen LogP contribution in [-0.2, 0) is 12.8 Å². The average molecular weight is 275 g/mol. The van der Waals surface area contributed by atoms with Crippen molar-refractivity contribution in [1.82, 2.24) is 4.98 Å². The summed E-state index contributed by atoms with van der Waals surface area (Å²) in [5, 5.41) is 0. The zero-order chi connectivity index (χ0) is 14.5. The van der Waals surface area contributed by atoms with Crippen LogP contribution in [0.1, 0.15) is 35.8 Å². The third kappa shape index (κ3) is 2.99. The van der Waals surface area contributed by atoms with Crippen LogP contribution in [0, 0.1) is 0 Å². The SMILES string of the molecule is CCc1nc(C(=O)Oc2ccc(CC)c(OC)c2)co1. The first-order chi connectivity index (χ1) is 9.67. The molecule has 106 valence electrons. The Morgan fingerprint density at radius 1 is 1.30 bits per heavy atom. The van der Waals surface area contributed by atoms with E-state index in [4.69, 9.17) is 13.9 Å². The zero-order valence-corrected chi connectivity index (χ0v) is 11.8. The predicted octanol–water partition coefficient (Wildman–Crippen LogP) is 3.03. The highest BCUT2D eigenvalue weighted by molar-refractivity contribution is 5.88. The highest BCUT2D eigenvalue weighted by Crippen LogP contribution is 2.25. The second kappa shape index (κ2) is 6.23. The van der Waals surface area contributed by atoms with Gasteiger partial charge < -0.3 is 13.9 Å². The Balaban J connectivity index is 2.15. The predicted molar refractivity (Wildman–Crippen MR) is 73.2 cm³/mol. The highest BCUT2D eigenvalue weighted by Gasteiger charge is 2.15. The Hall–Kier alpha value is -2.30. The van der Waals surface area contributed by atoms with Crippen molar-refractivity contribution < 1.29 is 18.7 Å². The number of benzene rings is 1. The normalized spacial score (nSPS) is 10.3. The summed E-state index contributed by atoms with van der Waals surface area (Å²) in [5.41, 5.74) is 1.22. The van der Waals surface area contributed by atoms with Crippen molar-refractivity contribution in [3.05, 3.63) is 41.6 Å². The number of aryl methyl sites for hydroxylation is 2. The van der Waals surface area contributed by atoms with Gasteiger partial charge in [-0.25, -0.2) is 9.78 Å². The fourth-order valence-electron chi connectivity index (χ4n) is 1.81. The molecule has 0 amide bonds. The molecule has 0 fully saturated rings. The molecule has 2 aromatic rings. The Bertz CT molecular complexity index is 604. The summed E-state index contributed by atoms with van der Waals surface area (Å²) in [6, 6.07) is 5.30. The minimum atomic E-state index is -0.542.